The summed E-state index contributed by atoms with van der Waals surface area (Å²) >= 11 is 7.51. The van der Waals surface area contributed by atoms with Crippen molar-refractivity contribution in [2.75, 3.05) is 6.79 Å². The number of ether oxygens (including phenoxy) is 3. The minimum atomic E-state index is 0.254. The van der Waals surface area contributed by atoms with Crippen LogP contribution in [0.5, 0.6) is 23.0 Å². The minimum Gasteiger partial charge on any atom is -0.455 e. The number of nitrogens with two attached hydrogens (primary N) is 1. The summed E-state index contributed by atoms with van der Waals surface area (Å²) in [5, 5.41) is 1.65. The monoisotopic (exact) mass is 333 g/mol. The van der Waals surface area contributed by atoms with Crippen molar-refractivity contribution in [2.45, 2.75) is 6.54 Å². The first-order chi connectivity index (χ1) is 10.7. The molecule has 0 radical (unpaired) electrons. The predicted octanol–water partition coefficient (Wildman–Crippen LogP) is 4.53. The van der Waals surface area contributed by atoms with Gasteiger partial charge in [-0.2, -0.15) is 0 Å². The standard InChI is InChI=1S/C16H12ClNO3S/c17-9-1-3-10(4-2-9)21-16-11-5-12-13(20-8-19-12)6-14(11)22-15(16)7-18/h1-6H,7-8,18H2. The van der Waals surface area contributed by atoms with Gasteiger partial charge in [-0.25, -0.2) is 0 Å². The van der Waals surface area contributed by atoms with E-state index in [1.54, 1.807) is 23.5 Å². The molecule has 1 aliphatic rings. The molecule has 1 aromatic heterocycles. The van der Waals surface area contributed by atoms with Gasteiger partial charge in [-0.15, -0.1) is 11.3 Å². The number of hydrogen-bond acceptors (Lipinski definition) is 5. The van der Waals surface area contributed by atoms with Crippen LogP contribution in [0.1, 0.15) is 4.88 Å². The summed E-state index contributed by atoms with van der Waals surface area (Å²) in [4.78, 5) is 0.980. The van der Waals surface area contributed by atoms with Crippen LogP contribution < -0.4 is 19.9 Å². The summed E-state index contributed by atoms with van der Waals surface area (Å²) in [6.07, 6.45) is 0. The summed E-state index contributed by atoms with van der Waals surface area (Å²) in [6, 6.07) is 11.2. The molecule has 2 heterocycles. The highest BCUT2D eigenvalue weighted by molar-refractivity contribution is 7.19. The summed E-state index contributed by atoms with van der Waals surface area (Å²) < 4.78 is 18.0. The van der Waals surface area contributed by atoms with Crippen LogP contribution >= 0.6 is 22.9 Å². The molecule has 0 spiro atoms. The molecule has 1 aliphatic heterocycles. The van der Waals surface area contributed by atoms with Crippen LogP contribution in [0.4, 0.5) is 0 Å². The van der Waals surface area contributed by atoms with Gasteiger partial charge in [0.1, 0.15) is 5.75 Å². The van der Waals surface area contributed by atoms with Gasteiger partial charge in [0.2, 0.25) is 6.79 Å². The van der Waals surface area contributed by atoms with Gasteiger partial charge in [-0.1, -0.05) is 11.6 Å². The zero-order valence-corrected chi connectivity index (χ0v) is 13.0. The van der Waals surface area contributed by atoms with E-state index in [1.807, 2.05) is 24.3 Å². The SMILES string of the molecule is NCc1sc2cc3c(cc2c1Oc1ccc(Cl)cc1)OCO3. The van der Waals surface area contributed by atoms with E-state index in [0.29, 0.717) is 11.6 Å². The molecule has 2 N–H and O–H groups in total. The molecule has 22 heavy (non-hydrogen) atoms. The Hall–Kier alpha value is -1.95. The molecule has 0 amide bonds. The number of benzene rings is 2. The molecule has 0 saturated heterocycles. The fourth-order valence-corrected chi connectivity index (χ4v) is 3.53. The van der Waals surface area contributed by atoms with Crippen LogP contribution in [0, 0.1) is 0 Å². The number of hydrogen-bond donors (Lipinski definition) is 1. The minimum absolute atomic E-state index is 0.254. The van der Waals surface area contributed by atoms with E-state index in [2.05, 4.69) is 0 Å². The topological polar surface area (TPSA) is 53.7 Å². The molecular formula is C16H12ClNO3S. The molecule has 0 bridgehead atoms. The zero-order chi connectivity index (χ0) is 15.1. The van der Waals surface area contributed by atoms with Gasteiger partial charge in [0.25, 0.3) is 0 Å². The van der Waals surface area contributed by atoms with Crippen molar-refractivity contribution >= 4 is 33.0 Å². The summed E-state index contributed by atoms with van der Waals surface area (Å²) in [6.45, 7) is 0.665. The lowest BCUT2D eigenvalue weighted by atomic mass is 10.2. The number of fused-ring (bicyclic) bond motifs is 2. The van der Waals surface area contributed by atoms with Gasteiger partial charge in [0.05, 0.1) is 4.88 Å². The molecule has 0 fully saturated rings. The second-order valence-electron chi connectivity index (χ2n) is 4.82. The van der Waals surface area contributed by atoms with Crippen LogP contribution in [0.3, 0.4) is 0 Å². The maximum atomic E-state index is 6.04. The Bertz CT molecular complexity index is 845. The van der Waals surface area contributed by atoms with E-state index < -0.39 is 0 Å². The molecule has 0 saturated carbocycles. The largest absolute Gasteiger partial charge is 0.455 e. The lowest BCUT2D eigenvalue weighted by Gasteiger charge is -2.07. The third-order valence-corrected chi connectivity index (χ3v) is 4.83. The molecule has 3 aromatic rings. The Morgan fingerprint density at radius 3 is 2.59 bits per heavy atom. The maximum Gasteiger partial charge on any atom is 0.231 e. The van der Waals surface area contributed by atoms with Crippen molar-refractivity contribution in [1.29, 1.82) is 0 Å². The van der Waals surface area contributed by atoms with Crippen molar-refractivity contribution in [3.05, 3.63) is 46.3 Å². The van der Waals surface area contributed by atoms with E-state index in [9.17, 15) is 0 Å². The molecule has 4 rings (SSSR count). The van der Waals surface area contributed by atoms with Gasteiger partial charge in [-0.3, -0.25) is 0 Å². The normalized spacial score (nSPS) is 12.8. The number of thiophene rings is 1. The fraction of sp³-hybridized carbons (Fsp3) is 0.125. The fourth-order valence-electron chi connectivity index (χ4n) is 2.38. The first kappa shape index (κ1) is 13.7. The number of rotatable bonds is 3. The van der Waals surface area contributed by atoms with E-state index >= 15 is 0 Å². The lowest BCUT2D eigenvalue weighted by Crippen LogP contribution is -1.95. The van der Waals surface area contributed by atoms with Crippen LogP contribution in [0.15, 0.2) is 36.4 Å². The Morgan fingerprint density at radius 1 is 1.14 bits per heavy atom. The molecule has 6 heteroatoms. The predicted molar refractivity (Wildman–Crippen MR) is 87.4 cm³/mol. The Labute approximate surface area is 136 Å². The van der Waals surface area contributed by atoms with Crippen molar-refractivity contribution in [1.82, 2.24) is 0 Å². The van der Waals surface area contributed by atoms with Crippen molar-refractivity contribution in [3.8, 4) is 23.0 Å². The summed E-state index contributed by atoms with van der Waals surface area (Å²) in [5.74, 6) is 2.98. The molecular weight excluding hydrogens is 322 g/mol. The molecule has 4 nitrogen and oxygen atoms in total. The highest BCUT2D eigenvalue weighted by atomic mass is 35.5. The third kappa shape index (κ3) is 2.27. The first-order valence-electron chi connectivity index (χ1n) is 6.73. The van der Waals surface area contributed by atoms with E-state index in [0.717, 1.165) is 38.0 Å². The average molecular weight is 334 g/mol. The Morgan fingerprint density at radius 2 is 1.86 bits per heavy atom. The van der Waals surface area contributed by atoms with E-state index in [-0.39, 0.29) is 6.79 Å². The number of halogens is 1. The van der Waals surface area contributed by atoms with Crippen LogP contribution in [-0.2, 0) is 6.54 Å². The second-order valence-corrected chi connectivity index (χ2v) is 6.39. The smallest absolute Gasteiger partial charge is 0.231 e. The third-order valence-electron chi connectivity index (χ3n) is 3.42. The van der Waals surface area contributed by atoms with Crippen molar-refractivity contribution in [2.24, 2.45) is 5.73 Å². The molecule has 112 valence electrons. The van der Waals surface area contributed by atoms with E-state index in [4.69, 9.17) is 31.5 Å². The highest BCUT2D eigenvalue weighted by Crippen LogP contribution is 2.46. The van der Waals surface area contributed by atoms with Crippen molar-refractivity contribution in [3.63, 3.8) is 0 Å². The molecule has 0 aliphatic carbocycles. The van der Waals surface area contributed by atoms with Gasteiger partial charge in [0, 0.05) is 27.7 Å². The van der Waals surface area contributed by atoms with Crippen LogP contribution in [0.2, 0.25) is 5.02 Å². The summed E-state index contributed by atoms with van der Waals surface area (Å²) in [5.41, 5.74) is 5.86. The van der Waals surface area contributed by atoms with Crippen LogP contribution in [-0.4, -0.2) is 6.79 Å². The molecule has 0 atom stereocenters. The molecule has 2 aromatic carbocycles. The van der Waals surface area contributed by atoms with Crippen molar-refractivity contribution < 1.29 is 14.2 Å². The van der Waals surface area contributed by atoms with Gasteiger partial charge in [-0.05, 0) is 30.3 Å². The lowest BCUT2D eigenvalue weighted by molar-refractivity contribution is 0.174. The van der Waals surface area contributed by atoms with E-state index in [1.165, 1.54) is 0 Å². The highest BCUT2D eigenvalue weighted by Gasteiger charge is 2.20. The zero-order valence-electron chi connectivity index (χ0n) is 11.5. The van der Waals surface area contributed by atoms with Gasteiger partial charge in [0.15, 0.2) is 17.2 Å². The molecule has 0 unspecified atom stereocenters. The van der Waals surface area contributed by atoms with Gasteiger partial charge >= 0.3 is 0 Å². The quantitative estimate of drug-likeness (QED) is 0.764. The Balaban J connectivity index is 1.82. The second kappa shape index (κ2) is 5.35. The Kier molecular flexibility index (Phi) is 3.33. The maximum absolute atomic E-state index is 6.04. The first-order valence-corrected chi connectivity index (χ1v) is 7.92. The van der Waals surface area contributed by atoms with Crippen LogP contribution in [0.25, 0.3) is 10.1 Å². The van der Waals surface area contributed by atoms with Gasteiger partial charge < -0.3 is 19.9 Å². The summed E-state index contributed by atoms with van der Waals surface area (Å²) in [7, 11) is 0. The average Bonchev–Trinajstić information content (AvgIpc) is 3.11.